The number of aliphatic hydroxyl groups excluding tert-OH is 1. The van der Waals surface area contributed by atoms with Gasteiger partial charge >= 0.3 is 0 Å². The number of fused-ring (bicyclic) bond motifs is 1. The number of likely N-dealkylation sites (tertiary alicyclic amines) is 1. The van der Waals surface area contributed by atoms with Crippen LogP contribution >= 0.6 is 0 Å². The molecule has 0 bridgehead atoms. The number of piperidine rings is 1. The lowest BCUT2D eigenvalue weighted by Crippen LogP contribution is -2.54. The Bertz CT molecular complexity index is 597. The molecule has 4 rings (SSSR count). The number of β-amino-alcohol motifs (C(OH)–C–C–N with tert-alkyl or cyclic N) is 1. The summed E-state index contributed by atoms with van der Waals surface area (Å²) in [6, 6.07) is 10.2. The summed E-state index contributed by atoms with van der Waals surface area (Å²) >= 11 is 0. The SMILES string of the molecule is O[C@H]1CN(Cc2cc3ccccc3o2)CC[C@@]12CCCO2. The Balaban J connectivity index is 1.46. The zero-order valence-electron chi connectivity index (χ0n) is 12.1. The number of ether oxygens (including phenoxy) is 1. The van der Waals surface area contributed by atoms with Crippen LogP contribution in [0.3, 0.4) is 0 Å². The van der Waals surface area contributed by atoms with Crippen LogP contribution in [0.4, 0.5) is 0 Å². The third-order valence-corrected chi connectivity index (χ3v) is 4.88. The molecular formula is C17H21NO3. The largest absolute Gasteiger partial charge is 0.460 e. The van der Waals surface area contributed by atoms with Gasteiger partial charge in [0.15, 0.2) is 0 Å². The van der Waals surface area contributed by atoms with E-state index in [0.29, 0.717) is 6.54 Å². The van der Waals surface area contributed by atoms with Gasteiger partial charge in [0.1, 0.15) is 11.3 Å². The van der Waals surface area contributed by atoms with Crippen LogP contribution in [-0.2, 0) is 11.3 Å². The molecule has 0 aliphatic carbocycles. The summed E-state index contributed by atoms with van der Waals surface area (Å²) in [5.74, 6) is 0.965. The molecule has 0 radical (unpaired) electrons. The summed E-state index contributed by atoms with van der Waals surface area (Å²) in [4.78, 5) is 2.26. The van der Waals surface area contributed by atoms with Crippen molar-refractivity contribution in [3.05, 3.63) is 36.1 Å². The fraction of sp³-hybridized carbons (Fsp3) is 0.529. The van der Waals surface area contributed by atoms with Gasteiger partial charge in [-0.1, -0.05) is 18.2 Å². The quantitative estimate of drug-likeness (QED) is 0.922. The minimum absolute atomic E-state index is 0.273. The van der Waals surface area contributed by atoms with E-state index in [4.69, 9.17) is 9.15 Å². The maximum atomic E-state index is 10.5. The monoisotopic (exact) mass is 287 g/mol. The third kappa shape index (κ3) is 2.37. The molecule has 4 heteroatoms. The van der Waals surface area contributed by atoms with Crippen molar-refractivity contribution in [2.24, 2.45) is 0 Å². The van der Waals surface area contributed by atoms with E-state index in [9.17, 15) is 5.11 Å². The van der Waals surface area contributed by atoms with Gasteiger partial charge in [0.2, 0.25) is 0 Å². The van der Waals surface area contributed by atoms with Gasteiger partial charge in [-0.25, -0.2) is 0 Å². The van der Waals surface area contributed by atoms with Crippen molar-refractivity contribution in [1.29, 1.82) is 0 Å². The number of hydrogen-bond acceptors (Lipinski definition) is 4. The summed E-state index contributed by atoms with van der Waals surface area (Å²) in [5.41, 5.74) is 0.658. The van der Waals surface area contributed by atoms with E-state index < -0.39 is 6.10 Å². The van der Waals surface area contributed by atoms with E-state index in [1.165, 1.54) is 0 Å². The van der Waals surface area contributed by atoms with Crippen molar-refractivity contribution in [2.75, 3.05) is 19.7 Å². The molecule has 1 aromatic carbocycles. The van der Waals surface area contributed by atoms with Gasteiger partial charge in [-0.2, -0.15) is 0 Å². The normalized spacial score (nSPS) is 30.4. The van der Waals surface area contributed by atoms with E-state index in [1.807, 2.05) is 18.2 Å². The van der Waals surface area contributed by atoms with Crippen LogP contribution in [0.25, 0.3) is 11.0 Å². The summed E-state index contributed by atoms with van der Waals surface area (Å²) in [5, 5.41) is 11.6. The van der Waals surface area contributed by atoms with Crippen molar-refractivity contribution in [3.63, 3.8) is 0 Å². The number of rotatable bonds is 2. The lowest BCUT2D eigenvalue weighted by Gasteiger charge is -2.42. The highest BCUT2D eigenvalue weighted by Crippen LogP contribution is 2.36. The molecule has 1 N–H and O–H groups in total. The number of aliphatic hydroxyl groups is 1. The first kappa shape index (κ1) is 13.3. The molecular weight excluding hydrogens is 266 g/mol. The second-order valence-corrected chi connectivity index (χ2v) is 6.27. The van der Waals surface area contributed by atoms with Gasteiger partial charge in [-0.15, -0.1) is 0 Å². The Morgan fingerprint density at radius 3 is 2.95 bits per heavy atom. The molecule has 1 spiro atoms. The molecule has 0 saturated carbocycles. The van der Waals surface area contributed by atoms with E-state index in [1.54, 1.807) is 0 Å². The van der Waals surface area contributed by atoms with Crippen molar-refractivity contribution in [3.8, 4) is 0 Å². The Morgan fingerprint density at radius 1 is 1.29 bits per heavy atom. The molecule has 3 heterocycles. The molecule has 0 amide bonds. The van der Waals surface area contributed by atoms with Crippen molar-refractivity contribution >= 4 is 11.0 Å². The molecule has 2 aliphatic rings. The standard InChI is InChI=1S/C17H21NO3/c19-16-12-18(8-7-17(16)6-3-9-20-17)11-14-10-13-4-1-2-5-15(13)21-14/h1-2,4-5,10,16,19H,3,6-9,11-12H2/t16-,17-/m0/s1. The molecule has 112 valence electrons. The van der Waals surface area contributed by atoms with Crippen LogP contribution in [0.15, 0.2) is 34.7 Å². The highest BCUT2D eigenvalue weighted by atomic mass is 16.5. The summed E-state index contributed by atoms with van der Waals surface area (Å²) < 4.78 is 11.7. The zero-order chi connectivity index (χ0) is 14.3. The number of nitrogens with zero attached hydrogens (tertiary/aromatic N) is 1. The first-order valence-electron chi connectivity index (χ1n) is 7.77. The lowest BCUT2D eigenvalue weighted by atomic mass is 9.86. The number of para-hydroxylation sites is 1. The maximum absolute atomic E-state index is 10.5. The minimum atomic E-state index is -0.391. The Labute approximate surface area is 124 Å². The molecule has 2 aliphatic heterocycles. The predicted octanol–water partition coefficient (Wildman–Crippen LogP) is 2.55. The second-order valence-electron chi connectivity index (χ2n) is 6.27. The minimum Gasteiger partial charge on any atom is -0.460 e. The Morgan fingerprint density at radius 2 is 2.19 bits per heavy atom. The van der Waals surface area contributed by atoms with Gasteiger partial charge in [-0.3, -0.25) is 4.90 Å². The number of furan rings is 1. The van der Waals surface area contributed by atoms with Crippen molar-refractivity contribution < 1.29 is 14.3 Å². The van der Waals surface area contributed by atoms with Gasteiger partial charge < -0.3 is 14.3 Å². The van der Waals surface area contributed by atoms with Gasteiger partial charge in [0, 0.05) is 25.1 Å². The van der Waals surface area contributed by atoms with E-state index in [-0.39, 0.29) is 5.60 Å². The first-order chi connectivity index (χ1) is 10.3. The summed E-state index contributed by atoms with van der Waals surface area (Å²) in [6.07, 6.45) is 2.58. The zero-order valence-corrected chi connectivity index (χ0v) is 12.1. The highest BCUT2D eigenvalue weighted by Gasteiger charge is 2.45. The summed E-state index contributed by atoms with van der Waals surface area (Å²) in [7, 11) is 0. The molecule has 2 fully saturated rings. The van der Waals surface area contributed by atoms with E-state index in [2.05, 4.69) is 17.0 Å². The highest BCUT2D eigenvalue weighted by molar-refractivity contribution is 5.77. The van der Waals surface area contributed by atoms with Gasteiger partial charge in [0.25, 0.3) is 0 Å². The van der Waals surface area contributed by atoms with Gasteiger partial charge in [-0.05, 0) is 31.4 Å². The van der Waals surface area contributed by atoms with Crippen LogP contribution in [0.2, 0.25) is 0 Å². The Hall–Kier alpha value is -1.36. The molecule has 2 saturated heterocycles. The average Bonchev–Trinajstić information content (AvgIpc) is 3.10. The van der Waals surface area contributed by atoms with Gasteiger partial charge in [0.05, 0.1) is 18.2 Å². The molecule has 21 heavy (non-hydrogen) atoms. The Kier molecular flexibility index (Phi) is 3.25. The third-order valence-electron chi connectivity index (χ3n) is 4.88. The maximum Gasteiger partial charge on any atom is 0.134 e. The van der Waals surface area contributed by atoms with Crippen LogP contribution in [0.1, 0.15) is 25.0 Å². The van der Waals surface area contributed by atoms with Crippen molar-refractivity contribution in [2.45, 2.75) is 37.5 Å². The van der Waals surface area contributed by atoms with E-state index >= 15 is 0 Å². The van der Waals surface area contributed by atoms with Crippen molar-refractivity contribution in [1.82, 2.24) is 4.90 Å². The molecule has 4 nitrogen and oxygen atoms in total. The van der Waals surface area contributed by atoms with E-state index in [0.717, 1.165) is 55.7 Å². The molecule has 2 atom stereocenters. The topological polar surface area (TPSA) is 45.8 Å². The van der Waals surface area contributed by atoms with Crippen LogP contribution < -0.4 is 0 Å². The fourth-order valence-corrected chi connectivity index (χ4v) is 3.67. The smallest absolute Gasteiger partial charge is 0.134 e. The predicted molar refractivity (Wildman–Crippen MR) is 80.0 cm³/mol. The molecule has 0 unspecified atom stereocenters. The second kappa shape index (κ2) is 5.13. The number of benzene rings is 1. The first-order valence-corrected chi connectivity index (χ1v) is 7.77. The van der Waals surface area contributed by atoms with Crippen LogP contribution in [-0.4, -0.2) is 41.4 Å². The number of hydrogen-bond donors (Lipinski definition) is 1. The molecule has 2 aromatic rings. The fourth-order valence-electron chi connectivity index (χ4n) is 3.67. The lowest BCUT2D eigenvalue weighted by molar-refractivity contribution is -0.130. The average molecular weight is 287 g/mol. The van der Waals surface area contributed by atoms with Crippen LogP contribution in [0.5, 0.6) is 0 Å². The summed E-state index contributed by atoms with van der Waals surface area (Å²) in [6.45, 7) is 3.16. The van der Waals surface area contributed by atoms with Crippen LogP contribution in [0, 0.1) is 0 Å². The molecule has 1 aromatic heterocycles.